The molecule has 3 aliphatic rings. The first-order valence-corrected chi connectivity index (χ1v) is 17.6. The monoisotopic (exact) mass is 643 g/mol. The number of benzene rings is 1. The number of hydrogen-bond donors (Lipinski definition) is 0. The SMILES string of the molecule is COc1ccccc1[C@H](CN1C(=O)N(C(C)(C)CCC2CCC2)S(=O)(=O)c2c1sc(-c1ncco1)c2C)OC1CCOCC1. The van der Waals surface area contributed by atoms with E-state index >= 15 is 0 Å². The summed E-state index contributed by atoms with van der Waals surface area (Å²) in [7, 11) is -2.59. The second-order valence-electron chi connectivity index (χ2n) is 12.5. The van der Waals surface area contributed by atoms with Crippen LogP contribution in [0.1, 0.15) is 76.0 Å². The standard InChI is InChI=1S/C32H41N3O7S2/c1-21-27(29-33-16-19-41-29)43-30-28(21)44(37,38)35(32(2,3)15-12-22-8-7-9-22)31(36)34(30)20-26(42-23-13-17-40-18-14-23)24-10-5-6-11-25(24)39-4/h5-6,10-11,16,19,22-23,26H,7-9,12-15,17-18,20H2,1-4H3/t26-/m0/s1. The van der Waals surface area contributed by atoms with Crippen LogP contribution in [0.2, 0.25) is 0 Å². The van der Waals surface area contributed by atoms with Gasteiger partial charge in [0.1, 0.15) is 28.0 Å². The molecular formula is C32H41N3O7S2. The van der Waals surface area contributed by atoms with E-state index in [9.17, 15) is 13.2 Å². The highest BCUT2D eigenvalue weighted by Gasteiger charge is 2.51. The van der Waals surface area contributed by atoms with Gasteiger partial charge in [-0.2, -0.15) is 0 Å². The number of urea groups is 1. The van der Waals surface area contributed by atoms with E-state index in [0.29, 0.717) is 52.6 Å². The number of ether oxygens (including phenoxy) is 3. The molecule has 3 aromatic rings. The third-order valence-corrected chi connectivity index (χ3v) is 12.7. The number of methoxy groups -OCH3 is 1. The van der Waals surface area contributed by atoms with Gasteiger partial charge in [-0.1, -0.05) is 37.5 Å². The molecule has 0 spiro atoms. The van der Waals surface area contributed by atoms with Crippen LogP contribution in [0, 0.1) is 12.8 Å². The van der Waals surface area contributed by atoms with E-state index in [4.69, 9.17) is 18.6 Å². The molecule has 10 nitrogen and oxygen atoms in total. The summed E-state index contributed by atoms with van der Waals surface area (Å²) in [6, 6.07) is 7.04. The summed E-state index contributed by atoms with van der Waals surface area (Å²) in [5, 5.41) is 0.349. The van der Waals surface area contributed by atoms with Crippen molar-refractivity contribution in [1.82, 2.24) is 9.29 Å². The van der Waals surface area contributed by atoms with Crippen molar-refractivity contribution >= 4 is 32.4 Å². The summed E-state index contributed by atoms with van der Waals surface area (Å²) in [5.74, 6) is 1.54. The number of anilines is 1. The first-order chi connectivity index (χ1) is 21.1. The van der Waals surface area contributed by atoms with Crippen LogP contribution in [0.5, 0.6) is 5.75 Å². The summed E-state index contributed by atoms with van der Waals surface area (Å²) in [6.07, 6.45) is 8.75. The van der Waals surface area contributed by atoms with Gasteiger partial charge in [0.25, 0.3) is 10.0 Å². The molecule has 1 saturated carbocycles. The first-order valence-electron chi connectivity index (χ1n) is 15.4. The molecule has 44 heavy (non-hydrogen) atoms. The van der Waals surface area contributed by atoms with Gasteiger partial charge in [0, 0.05) is 18.8 Å². The maximum atomic E-state index is 14.6. The highest BCUT2D eigenvalue weighted by atomic mass is 32.2. The molecule has 1 aromatic carbocycles. The van der Waals surface area contributed by atoms with Crippen molar-refractivity contribution < 1.29 is 31.8 Å². The zero-order chi connectivity index (χ0) is 31.1. The molecular weight excluding hydrogens is 603 g/mol. The topological polar surface area (TPSA) is 111 Å². The Morgan fingerprint density at radius 1 is 1.16 bits per heavy atom. The fraction of sp³-hybridized carbons (Fsp3) is 0.562. The zero-order valence-corrected chi connectivity index (χ0v) is 27.4. The number of amides is 2. The Bertz CT molecular complexity index is 1570. The molecule has 1 saturated heterocycles. The molecule has 0 unspecified atom stereocenters. The number of carbonyl (C=O) groups excluding carboxylic acids is 1. The minimum atomic E-state index is -4.20. The second-order valence-corrected chi connectivity index (χ2v) is 15.2. The van der Waals surface area contributed by atoms with Crippen LogP contribution in [0.15, 0.2) is 46.0 Å². The number of oxazole rings is 1. The predicted octanol–water partition coefficient (Wildman–Crippen LogP) is 6.95. The van der Waals surface area contributed by atoms with Gasteiger partial charge in [-0.25, -0.2) is 22.5 Å². The summed E-state index contributed by atoms with van der Waals surface area (Å²) in [6.45, 7) is 6.77. The molecule has 2 aliphatic heterocycles. The van der Waals surface area contributed by atoms with E-state index in [1.165, 1.54) is 30.2 Å². The third kappa shape index (κ3) is 5.77. The van der Waals surface area contributed by atoms with Crippen molar-refractivity contribution in [3.63, 3.8) is 0 Å². The van der Waals surface area contributed by atoms with Gasteiger partial charge < -0.3 is 18.6 Å². The van der Waals surface area contributed by atoms with Gasteiger partial charge in [-0.05, 0) is 64.0 Å². The Hall–Kier alpha value is -2.93. The number of aromatic nitrogens is 1. The van der Waals surface area contributed by atoms with Crippen LogP contribution in [0.25, 0.3) is 10.8 Å². The van der Waals surface area contributed by atoms with Gasteiger partial charge in [-0.15, -0.1) is 11.3 Å². The summed E-state index contributed by atoms with van der Waals surface area (Å²) >= 11 is 1.21. The number of thiophene rings is 1. The molecule has 4 heterocycles. The molecule has 6 rings (SSSR count). The number of nitrogens with zero attached hydrogens (tertiary/aromatic N) is 3. The van der Waals surface area contributed by atoms with Crippen LogP contribution < -0.4 is 9.64 Å². The maximum Gasteiger partial charge on any atom is 0.339 e. The zero-order valence-electron chi connectivity index (χ0n) is 25.8. The lowest BCUT2D eigenvalue weighted by atomic mass is 9.79. The smallest absolute Gasteiger partial charge is 0.339 e. The summed E-state index contributed by atoms with van der Waals surface area (Å²) in [5.41, 5.74) is 0.366. The lowest BCUT2D eigenvalue weighted by Crippen LogP contribution is -2.59. The van der Waals surface area contributed by atoms with Gasteiger partial charge in [-0.3, -0.25) is 4.90 Å². The number of rotatable bonds is 11. The minimum Gasteiger partial charge on any atom is -0.496 e. The van der Waals surface area contributed by atoms with Crippen molar-refractivity contribution in [3.05, 3.63) is 47.9 Å². The average Bonchev–Trinajstić information content (AvgIpc) is 3.62. The Kier molecular flexibility index (Phi) is 8.80. The van der Waals surface area contributed by atoms with E-state index in [0.717, 1.165) is 42.0 Å². The lowest BCUT2D eigenvalue weighted by Gasteiger charge is -2.45. The minimum absolute atomic E-state index is 0.0790. The van der Waals surface area contributed by atoms with Gasteiger partial charge in [0.2, 0.25) is 5.89 Å². The van der Waals surface area contributed by atoms with Crippen molar-refractivity contribution in [1.29, 1.82) is 0 Å². The number of fused-ring (bicyclic) bond motifs is 1. The second kappa shape index (κ2) is 12.5. The largest absolute Gasteiger partial charge is 0.496 e. The molecule has 0 bridgehead atoms. The molecule has 2 amide bonds. The molecule has 2 aromatic heterocycles. The van der Waals surface area contributed by atoms with Crippen molar-refractivity contribution in [2.24, 2.45) is 5.92 Å². The van der Waals surface area contributed by atoms with Crippen LogP contribution in [-0.4, -0.2) is 62.2 Å². The summed E-state index contributed by atoms with van der Waals surface area (Å²) in [4.78, 5) is 21.2. The highest BCUT2D eigenvalue weighted by Crippen LogP contribution is 2.50. The Morgan fingerprint density at radius 2 is 1.91 bits per heavy atom. The van der Waals surface area contributed by atoms with Crippen LogP contribution in [0.3, 0.4) is 0 Å². The Balaban J connectivity index is 1.45. The molecule has 1 atom stereocenters. The first kappa shape index (κ1) is 31.1. The third-order valence-electron chi connectivity index (χ3n) is 9.15. The number of para-hydroxylation sites is 1. The predicted molar refractivity (Wildman–Crippen MR) is 168 cm³/mol. The fourth-order valence-electron chi connectivity index (χ4n) is 6.44. The normalized spacial score (nSPS) is 20.0. The van der Waals surface area contributed by atoms with Crippen molar-refractivity contribution in [2.45, 2.75) is 88.4 Å². The number of carbonyl (C=O) groups is 1. The van der Waals surface area contributed by atoms with E-state index in [1.54, 1.807) is 18.9 Å². The average molecular weight is 644 g/mol. The highest BCUT2D eigenvalue weighted by molar-refractivity contribution is 7.90. The fourth-order valence-corrected chi connectivity index (χ4v) is 10.1. The van der Waals surface area contributed by atoms with Gasteiger partial charge in [0.05, 0.1) is 36.4 Å². The van der Waals surface area contributed by atoms with Crippen LogP contribution in [-0.2, 0) is 19.5 Å². The maximum absolute atomic E-state index is 14.6. The Labute approximate surface area is 263 Å². The Morgan fingerprint density at radius 3 is 2.57 bits per heavy atom. The van der Waals surface area contributed by atoms with Crippen molar-refractivity contribution in [3.8, 4) is 16.5 Å². The van der Waals surface area contributed by atoms with E-state index in [2.05, 4.69) is 4.98 Å². The van der Waals surface area contributed by atoms with Gasteiger partial charge >= 0.3 is 6.03 Å². The van der Waals surface area contributed by atoms with E-state index in [1.807, 2.05) is 38.1 Å². The number of hydrogen-bond acceptors (Lipinski definition) is 9. The molecule has 0 N–H and O–H groups in total. The molecule has 12 heteroatoms. The van der Waals surface area contributed by atoms with Crippen molar-refractivity contribution in [2.75, 3.05) is 31.8 Å². The quantitative estimate of drug-likeness (QED) is 0.221. The van der Waals surface area contributed by atoms with E-state index < -0.39 is 27.7 Å². The van der Waals surface area contributed by atoms with Crippen LogP contribution >= 0.6 is 11.3 Å². The lowest BCUT2D eigenvalue weighted by molar-refractivity contribution is -0.0672. The molecule has 1 aliphatic carbocycles. The van der Waals surface area contributed by atoms with Crippen LogP contribution in [0.4, 0.5) is 9.80 Å². The molecule has 238 valence electrons. The number of sulfonamides is 1. The van der Waals surface area contributed by atoms with Gasteiger partial charge in [0.15, 0.2) is 0 Å². The summed E-state index contributed by atoms with van der Waals surface area (Å²) < 4.78 is 53.7. The van der Waals surface area contributed by atoms with E-state index in [-0.39, 0.29) is 17.5 Å². The molecule has 0 radical (unpaired) electrons. The molecule has 2 fully saturated rings.